The zero-order chi connectivity index (χ0) is 23.8. The van der Waals surface area contributed by atoms with Gasteiger partial charge >= 0.3 is 0 Å². The van der Waals surface area contributed by atoms with Gasteiger partial charge in [0.1, 0.15) is 17.9 Å². The molecule has 0 unspecified atom stereocenters. The first kappa shape index (κ1) is 21.0. The summed E-state index contributed by atoms with van der Waals surface area (Å²) in [5.41, 5.74) is 4.62. The van der Waals surface area contributed by atoms with Gasteiger partial charge in [-0.2, -0.15) is 14.3 Å². The molecule has 0 saturated heterocycles. The number of amides is 1. The fourth-order valence-electron chi connectivity index (χ4n) is 4.63. The van der Waals surface area contributed by atoms with Gasteiger partial charge in [-0.25, -0.2) is 0 Å². The molecule has 1 aliphatic rings. The molecule has 4 heterocycles. The van der Waals surface area contributed by atoms with E-state index in [4.69, 9.17) is 9.84 Å². The Hall–Kier alpha value is -4.53. The summed E-state index contributed by atoms with van der Waals surface area (Å²) in [7, 11) is 0. The molecule has 0 spiro atoms. The number of rotatable bonds is 6. The van der Waals surface area contributed by atoms with Crippen molar-refractivity contribution in [2.75, 3.05) is 11.9 Å². The van der Waals surface area contributed by atoms with E-state index in [1.54, 1.807) is 9.20 Å². The van der Waals surface area contributed by atoms with Gasteiger partial charge in [-0.1, -0.05) is 48.5 Å². The summed E-state index contributed by atoms with van der Waals surface area (Å²) in [5, 5.41) is 20.2. The maximum Gasteiger partial charge on any atom is 0.226 e. The quantitative estimate of drug-likeness (QED) is 0.410. The zero-order valence-corrected chi connectivity index (χ0v) is 19.1. The molecule has 9 heteroatoms. The molecule has 1 atom stereocenters. The first-order valence-electron chi connectivity index (χ1n) is 11.5. The van der Waals surface area contributed by atoms with Crippen molar-refractivity contribution in [2.24, 2.45) is 0 Å². The molecule has 3 aromatic heterocycles. The number of benzene rings is 2. The maximum atomic E-state index is 12.8. The van der Waals surface area contributed by atoms with Gasteiger partial charge in [-0.3, -0.25) is 4.79 Å². The fraction of sp³-hybridized carbons (Fsp3) is 0.192. The molecule has 0 saturated carbocycles. The average Bonchev–Trinajstić information content (AvgIpc) is 3.48. The number of hydrogen-bond donors (Lipinski definition) is 1. The molecule has 174 valence electrons. The Morgan fingerprint density at radius 2 is 1.86 bits per heavy atom. The Labute approximate surface area is 201 Å². The molecule has 9 nitrogen and oxygen atoms in total. The van der Waals surface area contributed by atoms with Gasteiger partial charge < -0.3 is 10.1 Å². The predicted octanol–water partition coefficient (Wildman–Crippen LogP) is 3.71. The summed E-state index contributed by atoms with van der Waals surface area (Å²) in [6.45, 7) is 2.50. The molecule has 1 amide bonds. The number of nitrogens with one attached hydrogen (secondary N) is 1. The number of fused-ring (bicyclic) bond motifs is 2. The molecular formula is C26H23N7O2. The number of anilines is 1. The van der Waals surface area contributed by atoms with E-state index in [0.717, 1.165) is 29.0 Å². The number of nitrogens with zero attached hydrogens (tertiary/aromatic N) is 6. The van der Waals surface area contributed by atoms with E-state index in [0.29, 0.717) is 30.3 Å². The largest absolute Gasteiger partial charge is 0.493 e. The van der Waals surface area contributed by atoms with Crippen LogP contribution in [0.3, 0.4) is 0 Å². The van der Waals surface area contributed by atoms with Crippen molar-refractivity contribution < 1.29 is 9.53 Å². The van der Waals surface area contributed by atoms with Crippen LogP contribution in [0.1, 0.15) is 34.7 Å². The van der Waals surface area contributed by atoms with Crippen LogP contribution >= 0.6 is 0 Å². The Bertz CT molecular complexity index is 1520. The van der Waals surface area contributed by atoms with Gasteiger partial charge in [0.15, 0.2) is 11.5 Å². The molecule has 1 N–H and O–H groups in total. The highest BCUT2D eigenvalue weighted by atomic mass is 16.5. The van der Waals surface area contributed by atoms with E-state index in [1.807, 2.05) is 61.5 Å². The first-order chi connectivity index (χ1) is 17.2. The second kappa shape index (κ2) is 8.68. The predicted molar refractivity (Wildman–Crippen MR) is 130 cm³/mol. The molecule has 2 aromatic carbocycles. The van der Waals surface area contributed by atoms with E-state index in [9.17, 15) is 4.79 Å². The minimum absolute atomic E-state index is 0.0758. The Morgan fingerprint density at radius 3 is 2.74 bits per heavy atom. The van der Waals surface area contributed by atoms with Gasteiger partial charge in [0.25, 0.3) is 0 Å². The monoisotopic (exact) mass is 465 g/mol. The molecule has 6 rings (SSSR count). The number of carbonyl (C=O) groups excluding carboxylic acids is 1. The summed E-state index contributed by atoms with van der Waals surface area (Å²) < 4.78 is 9.48. The van der Waals surface area contributed by atoms with E-state index in [2.05, 4.69) is 32.7 Å². The third-order valence-electron chi connectivity index (χ3n) is 6.25. The fourth-order valence-corrected chi connectivity index (χ4v) is 4.63. The van der Waals surface area contributed by atoms with Gasteiger partial charge in [-0.15, -0.1) is 15.3 Å². The number of hydrogen-bond acceptors (Lipinski definition) is 6. The van der Waals surface area contributed by atoms with E-state index >= 15 is 0 Å². The number of ether oxygens (including phenoxy) is 1. The molecule has 0 fully saturated rings. The lowest BCUT2D eigenvalue weighted by molar-refractivity contribution is -0.116. The average molecular weight is 466 g/mol. The number of para-hydroxylation sites is 1. The highest BCUT2D eigenvalue weighted by Gasteiger charge is 2.34. The second-order valence-corrected chi connectivity index (χ2v) is 8.51. The van der Waals surface area contributed by atoms with Gasteiger partial charge in [-0.05, 0) is 30.7 Å². The van der Waals surface area contributed by atoms with Crippen LogP contribution in [-0.4, -0.2) is 42.1 Å². The number of carbonyl (C=O) groups is 1. The van der Waals surface area contributed by atoms with Gasteiger partial charge in [0.2, 0.25) is 5.91 Å². The molecule has 35 heavy (non-hydrogen) atoms. The zero-order valence-electron chi connectivity index (χ0n) is 19.1. The summed E-state index contributed by atoms with van der Waals surface area (Å²) in [6.07, 6.45) is 2.66. The third-order valence-corrected chi connectivity index (χ3v) is 6.25. The molecule has 1 aliphatic heterocycles. The molecule has 5 aromatic rings. The van der Waals surface area contributed by atoms with Crippen molar-refractivity contribution in [3.05, 3.63) is 95.4 Å². The third kappa shape index (κ3) is 3.90. The number of aryl methyl sites for hydroxylation is 1. The standard InChI is InChI=1S/C26H23N7O2/c1-17-25-20(19-9-5-6-10-21(19)35-14-13-18-7-3-2-4-8-18)15-24(34)28-26(25)33(30-17)23-12-11-22-29-27-16-32(22)31-23/h2-12,16,20H,13-15H2,1H3,(H,28,34)/t20-/m1/s1. The van der Waals surface area contributed by atoms with Crippen LogP contribution < -0.4 is 10.1 Å². The smallest absolute Gasteiger partial charge is 0.226 e. The van der Waals surface area contributed by atoms with Crippen LogP contribution in [0, 0.1) is 6.92 Å². The van der Waals surface area contributed by atoms with Gasteiger partial charge in [0.05, 0.1) is 12.3 Å². The Kier molecular flexibility index (Phi) is 5.21. The minimum Gasteiger partial charge on any atom is -0.493 e. The van der Waals surface area contributed by atoms with Crippen molar-refractivity contribution in [2.45, 2.75) is 25.7 Å². The van der Waals surface area contributed by atoms with E-state index < -0.39 is 0 Å². The van der Waals surface area contributed by atoms with E-state index in [-0.39, 0.29) is 11.8 Å². The first-order valence-corrected chi connectivity index (χ1v) is 11.5. The summed E-state index contributed by atoms with van der Waals surface area (Å²) in [5.74, 6) is 1.72. The highest BCUT2D eigenvalue weighted by molar-refractivity contribution is 5.95. The van der Waals surface area contributed by atoms with Crippen molar-refractivity contribution in [1.82, 2.24) is 29.6 Å². The Morgan fingerprint density at radius 1 is 1.03 bits per heavy atom. The van der Waals surface area contributed by atoms with Crippen molar-refractivity contribution in [3.63, 3.8) is 0 Å². The topological polar surface area (TPSA) is 99.2 Å². The summed E-state index contributed by atoms with van der Waals surface area (Å²) >= 11 is 0. The van der Waals surface area contributed by atoms with Crippen LogP contribution in [0.5, 0.6) is 5.75 Å². The van der Waals surface area contributed by atoms with E-state index in [1.165, 1.54) is 11.9 Å². The van der Waals surface area contributed by atoms with Crippen molar-refractivity contribution in [1.29, 1.82) is 0 Å². The molecular weight excluding hydrogens is 442 g/mol. The van der Waals surface area contributed by atoms with Crippen LogP contribution in [0.15, 0.2) is 73.1 Å². The lowest BCUT2D eigenvalue weighted by Gasteiger charge is -2.26. The SMILES string of the molecule is Cc1nn(-c2ccc3nncn3n2)c2c1[C@@H](c1ccccc1OCCc1ccccc1)CC(=O)N2. The molecule has 0 radical (unpaired) electrons. The highest BCUT2D eigenvalue weighted by Crippen LogP contribution is 2.43. The maximum absolute atomic E-state index is 12.8. The lowest BCUT2D eigenvalue weighted by atomic mass is 9.85. The van der Waals surface area contributed by atoms with Crippen molar-refractivity contribution >= 4 is 17.4 Å². The van der Waals surface area contributed by atoms with Crippen LogP contribution in [0.2, 0.25) is 0 Å². The Balaban J connectivity index is 1.35. The van der Waals surface area contributed by atoms with Gasteiger partial charge in [0, 0.05) is 29.9 Å². The molecule has 0 bridgehead atoms. The second-order valence-electron chi connectivity index (χ2n) is 8.51. The summed E-state index contributed by atoms with van der Waals surface area (Å²) in [6, 6.07) is 21.8. The lowest BCUT2D eigenvalue weighted by Crippen LogP contribution is -2.25. The number of aromatic nitrogens is 6. The normalized spacial score (nSPS) is 15.1. The summed E-state index contributed by atoms with van der Waals surface area (Å²) in [4.78, 5) is 12.8. The minimum atomic E-state index is -0.181. The van der Waals surface area contributed by atoms with Crippen LogP contribution in [0.25, 0.3) is 11.5 Å². The van der Waals surface area contributed by atoms with Crippen LogP contribution in [-0.2, 0) is 11.2 Å². The molecule has 0 aliphatic carbocycles. The van der Waals surface area contributed by atoms with Crippen LogP contribution in [0.4, 0.5) is 5.82 Å². The van der Waals surface area contributed by atoms with Crippen molar-refractivity contribution in [3.8, 4) is 11.6 Å².